The molecule has 0 aliphatic heterocycles. The molecular weight excluding hydrogens is 204 g/mol. The lowest BCUT2D eigenvalue weighted by Crippen LogP contribution is -2.38. The molecule has 0 fully saturated rings. The van der Waals surface area contributed by atoms with Crippen LogP contribution in [0.4, 0.5) is 5.82 Å². The molecule has 0 bridgehead atoms. The van der Waals surface area contributed by atoms with E-state index in [0.29, 0.717) is 12.2 Å². The quantitative estimate of drug-likeness (QED) is 0.808. The van der Waals surface area contributed by atoms with Crippen LogP contribution in [0.1, 0.15) is 27.2 Å². The van der Waals surface area contributed by atoms with Gasteiger partial charge in [0.05, 0.1) is 6.20 Å². The van der Waals surface area contributed by atoms with Crippen molar-refractivity contribution in [2.45, 2.75) is 33.2 Å². The normalized spacial score (nSPS) is 13.6. The highest BCUT2D eigenvalue weighted by Crippen LogP contribution is 2.20. The lowest BCUT2D eigenvalue weighted by atomic mass is 9.85. The highest BCUT2D eigenvalue weighted by molar-refractivity contribution is 5.90. The maximum Gasteiger partial charge on any atom is 0.227 e. The van der Waals surface area contributed by atoms with E-state index in [1.807, 2.05) is 20.8 Å². The first-order chi connectivity index (χ1) is 7.30. The van der Waals surface area contributed by atoms with E-state index < -0.39 is 0 Å². The molecule has 16 heavy (non-hydrogen) atoms. The van der Waals surface area contributed by atoms with Crippen LogP contribution in [0.25, 0.3) is 0 Å². The number of nitrogens with zero attached hydrogens (tertiary/aromatic N) is 2. The summed E-state index contributed by atoms with van der Waals surface area (Å²) in [4.78, 5) is 11.7. The molecule has 1 aromatic rings. The molecule has 0 radical (unpaired) electrons. The van der Waals surface area contributed by atoms with Gasteiger partial charge in [0.2, 0.25) is 5.91 Å². The average molecular weight is 224 g/mol. The van der Waals surface area contributed by atoms with Gasteiger partial charge in [-0.05, 0) is 5.41 Å². The largest absolute Gasteiger partial charge is 0.327 e. The number of hydrogen-bond acceptors (Lipinski definition) is 3. The van der Waals surface area contributed by atoms with Crippen LogP contribution >= 0.6 is 0 Å². The minimum atomic E-state index is -0.152. The van der Waals surface area contributed by atoms with Crippen molar-refractivity contribution in [3.8, 4) is 0 Å². The Morgan fingerprint density at radius 3 is 2.69 bits per heavy atom. The van der Waals surface area contributed by atoms with Gasteiger partial charge in [0.15, 0.2) is 0 Å². The first-order valence-corrected chi connectivity index (χ1v) is 5.34. The fourth-order valence-electron chi connectivity index (χ4n) is 1.20. The van der Waals surface area contributed by atoms with Gasteiger partial charge in [0, 0.05) is 25.6 Å². The van der Waals surface area contributed by atoms with Crippen LogP contribution in [0.5, 0.6) is 0 Å². The first-order valence-electron chi connectivity index (χ1n) is 5.34. The van der Waals surface area contributed by atoms with Crippen LogP contribution in [-0.4, -0.2) is 21.7 Å². The van der Waals surface area contributed by atoms with Crippen molar-refractivity contribution >= 4 is 11.7 Å². The van der Waals surface area contributed by atoms with Gasteiger partial charge in [0.1, 0.15) is 5.82 Å². The van der Waals surface area contributed by atoms with Crippen molar-refractivity contribution in [1.29, 1.82) is 0 Å². The standard InChI is InChI=1S/C11H20N4O/c1-11(2,3)8(12)7-10(16)14-9-5-6-13-15(9)4/h5-6,8H,7,12H2,1-4H3,(H,14,16). The lowest BCUT2D eigenvalue weighted by molar-refractivity contribution is -0.117. The second-order valence-electron chi connectivity index (χ2n) is 5.06. The van der Waals surface area contributed by atoms with Crippen molar-refractivity contribution in [3.05, 3.63) is 12.3 Å². The molecule has 0 saturated carbocycles. The van der Waals surface area contributed by atoms with Crippen molar-refractivity contribution in [2.24, 2.45) is 18.2 Å². The number of rotatable bonds is 3. The zero-order chi connectivity index (χ0) is 12.3. The summed E-state index contributed by atoms with van der Waals surface area (Å²) in [6.07, 6.45) is 1.95. The predicted octanol–water partition coefficient (Wildman–Crippen LogP) is 1.12. The second kappa shape index (κ2) is 4.65. The van der Waals surface area contributed by atoms with Crippen molar-refractivity contribution in [3.63, 3.8) is 0 Å². The van der Waals surface area contributed by atoms with E-state index in [4.69, 9.17) is 5.73 Å². The summed E-state index contributed by atoms with van der Waals surface area (Å²) in [6, 6.07) is 1.60. The molecule has 3 N–H and O–H groups in total. The molecule has 90 valence electrons. The van der Waals surface area contributed by atoms with E-state index in [2.05, 4.69) is 10.4 Å². The second-order valence-corrected chi connectivity index (χ2v) is 5.06. The van der Waals surface area contributed by atoms with E-state index in [-0.39, 0.29) is 17.4 Å². The fraction of sp³-hybridized carbons (Fsp3) is 0.636. The highest BCUT2D eigenvalue weighted by Gasteiger charge is 2.23. The number of aryl methyl sites for hydroxylation is 1. The molecule has 0 spiro atoms. The summed E-state index contributed by atoms with van der Waals surface area (Å²) < 4.78 is 1.61. The third-order valence-corrected chi connectivity index (χ3v) is 2.61. The molecule has 0 saturated heterocycles. The van der Waals surface area contributed by atoms with Crippen LogP contribution in [0.3, 0.4) is 0 Å². The molecule has 1 heterocycles. The Bertz CT molecular complexity index is 364. The average Bonchev–Trinajstić information content (AvgIpc) is 2.50. The van der Waals surface area contributed by atoms with Crippen LogP contribution < -0.4 is 11.1 Å². The molecule has 0 aliphatic rings. The summed E-state index contributed by atoms with van der Waals surface area (Å²) in [6.45, 7) is 6.07. The number of nitrogens with one attached hydrogen (secondary N) is 1. The van der Waals surface area contributed by atoms with Gasteiger partial charge in [0.25, 0.3) is 0 Å². The summed E-state index contributed by atoms with van der Waals surface area (Å²) in [7, 11) is 1.78. The molecule has 1 unspecified atom stereocenters. The summed E-state index contributed by atoms with van der Waals surface area (Å²) >= 11 is 0. The third kappa shape index (κ3) is 3.34. The molecule has 1 amide bonds. The van der Waals surface area contributed by atoms with Gasteiger partial charge in [-0.15, -0.1) is 0 Å². The number of nitrogens with two attached hydrogens (primary N) is 1. The molecule has 5 heteroatoms. The molecule has 1 atom stereocenters. The number of carbonyl (C=O) groups is 1. The lowest BCUT2D eigenvalue weighted by Gasteiger charge is -2.26. The molecule has 1 aromatic heterocycles. The van der Waals surface area contributed by atoms with Gasteiger partial charge in [-0.2, -0.15) is 5.10 Å². The van der Waals surface area contributed by atoms with Gasteiger partial charge in [-0.25, -0.2) is 0 Å². The maximum atomic E-state index is 11.7. The van der Waals surface area contributed by atoms with Gasteiger partial charge in [-0.1, -0.05) is 20.8 Å². The van der Waals surface area contributed by atoms with E-state index in [9.17, 15) is 4.79 Å². The molecule has 1 rings (SSSR count). The number of aromatic nitrogens is 2. The van der Waals surface area contributed by atoms with Crippen LogP contribution in [0, 0.1) is 5.41 Å². The van der Waals surface area contributed by atoms with Crippen molar-refractivity contribution in [2.75, 3.05) is 5.32 Å². The van der Waals surface area contributed by atoms with Gasteiger partial charge >= 0.3 is 0 Å². The Hall–Kier alpha value is -1.36. The Balaban J connectivity index is 2.52. The smallest absolute Gasteiger partial charge is 0.227 e. The maximum absolute atomic E-state index is 11.7. The van der Waals surface area contributed by atoms with Crippen LogP contribution in [0.2, 0.25) is 0 Å². The minimum absolute atomic E-state index is 0.0657. The van der Waals surface area contributed by atoms with Crippen LogP contribution in [-0.2, 0) is 11.8 Å². The van der Waals surface area contributed by atoms with Crippen LogP contribution in [0.15, 0.2) is 12.3 Å². The Morgan fingerprint density at radius 1 is 1.62 bits per heavy atom. The zero-order valence-corrected chi connectivity index (χ0v) is 10.3. The van der Waals surface area contributed by atoms with E-state index in [1.54, 1.807) is 24.0 Å². The first kappa shape index (κ1) is 12.7. The molecule has 0 aliphatic carbocycles. The van der Waals surface area contributed by atoms with E-state index >= 15 is 0 Å². The summed E-state index contributed by atoms with van der Waals surface area (Å²) in [5, 5.41) is 6.74. The summed E-state index contributed by atoms with van der Waals surface area (Å²) in [5.41, 5.74) is 5.87. The molecule has 5 nitrogen and oxygen atoms in total. The monoisotopic (exact) mass is 224 g/mol. The van der Waals surface area contributed by atoms with E-state index in [0.717, 1.165) is 0 Å². The zero-order valence-electron chi connectivity index (χ0n) is 10.3. The third-order valence-electron chi connectivity index (χ3n) is 2.61. The van der Waals surface area contributed by atoms with Gasteiger partial charge < -0.3 is 11.1 Å². The van der Waals surface area contributed by atoms with Crippen molar-refractivity contribution in [1.82, 2.24) is 9.78 Å². The SMILES string of the molecule is Cn1nccc1NC(=O)CC(N)C(C)(C)C. The number of hydrogen-bond donors (Lipinski definition) is 2. The number of anilines is 1. The van der Waals surface area contributed by atoms with Crippen molar-refractivity contribution < 1.29 is 4.79 Å². The summed E-state index contributed by atoms with van der Waals surface area (Å²) in [5.74, 6) is 0.608. The topological polar surface area (TPSA) is 72.9 Å². The highest BCUT2D eigenvalue weighted by atomic mass is 16.1. The molecule has 0 aromatic carbocycles. The predicted molar refractivity (Wildman–Crippen MR) is 63.9 cm³/mol. The minimum Gasteiger partial charge on any atom is -0.327 e. The molecular formula is C11H20N4O. The number of amides is 1. The Labute approximate surface area is 96.0 Å². The number of carbonyl (C=O) groups excluding carboxylic acids is 1. The Kier molecular flexibility index (Phi) is 3.70. The Morgan fingerprint density at radius 2 is 2.25 bits per heavy atom. The van der Waals surface area contributed by atoms with E-state index in [1.165, 1.54) is 0 Å². The van der Waals surface area contributed by atoms with Gasteiger partial charge in [-0.3, -0.25) is 9.48 Å². The fourth-order valence-corrected chi connectivity index (χ4v) is 1.20.